The second-order valence-corrected chi connectivity index (χ2v) is 20.0. The molecule has 1 aromatic heterocycles. The maximum absolute atomic E-state index is 13.1. The summed E-state index contributed by atoms with van der Waals surface area (Å²) in [7, 11) is 0. The van der Waals surface area contributed by atoms with E-state index >= 15 is 0 Å². The average molecular weight is 824 g/mol. The molecule has 0 spiro atoms. The minimum absolute atomic E-state index is 0.00349. The van der Waals surface area contributed by atoms with Crippen molar-refractivity contribution >= 4 is 57.6 Å². The number of amides is 2. The molecule has 2 saturated heterocycles. The zero-order valence-corrected chi connectivity index (χ0v) is 36.7. The number of nitrogens with one attached hydrogen (secondary N) is 3. The first-order chi connectivity index (χ1) is 28.3. The highest BCUT2D eigenvalue weighted by Gasteiger charge is 2.43. The van der Waals surface area contributed by atoms with E-state index in [1.807, 2.05) is 0 Å². The zero-order chi connectivity index (χ0) is 40.2. The van der Waals surface area contributed by atoms with Crippen molar-refractivity contribution in [1.82, 2.24) is 25.4 Å². The van der Waals surface area contributed by atoms with E-state index in [0.29, 0.717) is 60.2 Å². The van der Waals surface area contributed by atoms with Gasteiger partial charge in [-0.1, -0.05) is 50.3 Å². The number of Topliss-reactive ketones (excluding diaryl/α,β-unsaturated/α-hetero) is 1. The lowest BCUT2D eigenvalue weighted by molar-refractivity contribution is -0.125. The van der Waals surface area contributed by atoms with Gasteiger partial charge in [-0.05, 0) is 147 Å². The number of unbranched alkanes of at least 4 members (excludes halogenated alkanes) is 1. The predicted octanol–water partition coefficient (Wildman–Crippen LogP) is 7.96. The summed E-state index contributed by atoms with van der Waals surface area (Å²) in [5.41, 5.74) is 10.4. The van der Waals surface area contributed by atoms with Gasteiger partial charge in [0.1, 0.15) is 0 Å². The van der Waals surface area contributed by atoms with Gasteiger partial charge < -0.3 is 15.6 Å². The molecule has 5 aliphatic rings. The van der Waals surface area contributed by atoms with E-state index in [4.69, 9.17) is 0 Å². The summed E-state index contributed by atoms with van der Waals surface area (Å²) >= 11 is 3.48. The number of fused-ring (bicyclic) bond motifs is 4. The van der Waals surface area contributed by atoms with Gasteiger partial charge in [-0.2, -0.15) is 23.5 Å². The van der Waals surface area contributed by atoms with E-state index in [-0.39, 0.29) is 17.6 Å². The molecule has 2 aromatic carbocycles. The minimum Gasteiger partial charge on any atom is -0.361 e. The van der Waals surface area contributed by atoms with Crippen LogP contribution in [0.15, 0.2) is 48.7 Å². The fourth-order valence-corrected chi connectivity index (χ4v) is 13.3. The molecule has 2 aliphatic heterocycles. The third-order valence-corrected chi connectivity index (χ3v) is 16.2. The van der Waals surface area contributed by atoms with Crippen LogP contribution in [0, 0.1) is 11.8 Å². The summed E-state index contributed by atoms with van der Waals surface area (Å²) in [5.74, 6) is 5.06. The van der Waals surface area contributed by atoms with Crippen molar-refractivity contribution in [2.45, 2.75) is 115 Å². The van der Waals surface area contributed by atoms with Crippen molar-refractivity contribution in [1.29, 1.82) is 0 Å². The number of benzene rings is 2. The smallest absolute Gasteiger partial charge is 0.230 e. The van der Waals surface area contributed by atoms with Gasteiger partial charge in [0.25, 0.3) is 0 Å². The Morgan fingerprint density at radius 2 is 1.50 bits per heavy atom. The summed E-state index contributed by atoms with van der Waals surface area (Å²) in [6.07, 6.45) is 14.9. The number of ketones is 1. The third kappa shape index (κ3) is 9.15. The fraction of sp³-hybridized carbons (Fsp3) is 0.604. The van der Waals surface area contributed by atoms with E-state index in [1.54, 1.807) is 47.1 Å². The number of carbonyl (C=O) groups excluding carboxylic acids is 3. The Kier molecular flexibility index (Phi) is 13.7. The number of rotatable bonds is 19. The second-order valence-electron chi connectivity index (χ2n) is 18.0. The van der Waals surface area contributed by atoms with Crippen LogP contribution in [0.2, 0.25) is 0 Å². The summed E-state index contributed by atoms with van der Waals surface area (Å²) in [5, 5.41) is 7.57. The van der Waals surface area contributed by atoms with E-state index in [1.165, 1.54) is 46.9 Å². The maximum atomic E-state index is 13.1. The van der Waals surface area contributed by atoms with Crippen molar-refractivity contribution in [3.05, 3.63) is 76.5 Å². The second kappa shape index (κ2) is 19.1. The lowest BCUT2D eigenvalue weighted by atomic mass is 9.70. The van der Waals surface area contributed by atoms with Crippen molar-refractivity contribution < 1.29 is 14.4 Å². The lowest BCUT2D eigenvalue weighted by Crippen LogP contribution is -2.50. The molecule has 58 heavy (non-hydrogen) atoms. The Hall–Kier alpha value is -3.05. The molecule has 3 N–H and O–H groups in total. The van der Waals surface area contributed by atoms with E-state index in [2.05, 4.69) is 87.9 Å². The molecule has 3 aliphatic carbocycles. The van der Waals surface area contributed by atoms with Crippen molar-refractivity contribution in [2.75, 3.05) is 55.7 Å². The molecule has 0 saturated carbocycles. The number of nitrogens with zero attached hydrogens (tertiary/aromatic N) is 2. The van der Waals surface area contributed by atoms with Crippen molar-refractivity contribution in [3.63, 3.8) is 0 Å². The molecule has 8 nitrogen and oxygen atoms in total. The summed E-state index contributed by atoms with van der Waals surface area (Å²) in [6, 6.07) is 14.3. The standard InChI is InChI=1S/C48H65N5O3S2/c1-4-18-52-25-32(20-39-37-11-8-10-34-15-16-35(47(34)37)22-43(39)52)27-57-29-45(55)49-17-7-6-13-41(31(3)54)51-46(56)30-58-28-33-21-40-38-12-9-14-42-48(38)36(24-50-42)23-44(40)53(26-33)19-5-2/h8-12,14,16,24,32-33,39-41,43-44,50H,4-7,13,15,17-23,25-30H2,1-3H3,(H,49,55)(H,51,56)/t32?,33-,39-,40-,41+,43?,44-/m1/s1. The van der Waals surface area contributed by atoms with Crippen LogP contribution in [-0.2, 0) is 27.2 Å². The van der Waals surface area contributed by atoms with Crippen LogP contribution in [0.3, 0.4) is 0 Å². The largest absolute Gasteiger partial charge is 0.361 e. The first-order valence-corrected chi connectivity index (χ1v) is 24.7. The Morgan fingerprint density at radius 1 is 0.828 bits per heavy atom. The maximum Gasteiger partial charge on any atom is 0.230 e. The van der Waals surface area contributed by atoms with Gasteiger partial charge in [0.2, 0.25) is 11.8 Å². The molecule has 312 valence electrons. The molecule has 2 fully saturated rings. The Bertz CT molecular complexity index is 1980. The van der Waals surface area contributed by atoms with E-state index < -0.39 is 6.04 Å². The number of allylic oxidation sites excluding steroid dienone is 1. The zero-order valence-electron chi connectivity index (χ0n) is 35.0. The summed E-state index contributed by atoms with van der Waals surface area (Å²) in [6.45, 7) is 11.2. The number of carbonyl (C=O) groups is 3. The van der Waals surface area contributed by atoms with Crippen LogP contribution in [0.5, 0.6) is 0 Å². The van der Waals surface area contributed by atoms with Crippen LogP contribution < -0.4 is 10.6 Å². The number of piperidine rings is 2. The van der Waals surface area contributed by atoms with Crippen LogP contribution >= 0.6 is 23.5 Å². The predicted molar refractivity (Wildman–Crippen MR) is 242 cm³/mol. The molecule has 2 amide bonds. The monoisotopic (exact) mass is 823 g/mol. The Morgan fingerprint density at radius 3 is 2.22 bits per heavy atom. The highest BCUT2D eigenvalue weighted by atomic mass is 32.2. The van der Waals surface area contributed by atoms with Crippen molar-refractivity contribution in [3.8, 4) is 0 Å². The number of thioether (sulfide) groups is 2. The van der Waals surface area contributed by atoms with Gasteiger partial charge in [-0.3, -0.25) is 24.2 Å². The molecule has 2 unspecified atom stereocenters. The van der Waals surface area contributed by atoms with Gasteiger partial charge in [0.15, 0.2) is 5.78 Å². The number of hydrogen-bond donors (Lipinski definition) is 3. The van der Waals surface area contributed by atoms with Crippen LogP contribution in [0.4, 0.5) is 0 Å². The number of aromatic nitrogens is 1. The molecule has 0 radical (unpaired) electrons. The quantitative estimate of drug-likeness (QED) is 0.106. The molecular formula is C48H65N5O3S2. The lowest BCUT2D eigenvalue weighted by Gasteiger charge is -2.48. The highest BCUT2D eigenvalue weighted by molar-refractivity contribution is 8.00. The van der Waals surface area contributed by atoms with Gasteiger partial charge >= 0.3 is 0 Å². The third-order valence-electron chi connectivity index (χ3n) is 13.8. The molecule has 7 atom stereocenters. The molecule has 10 heteroatoms. The fourth-order valence-electron chi connectivity index (χ4n) is 11.4. The molecular weight excluding hydrogens is 759 g/mol. The number of H-pyrrole nitrogens is 1. The van der Waals surface area contributed by atoms with Gasteiger partial charge in [0, 0.05) is 60.7 Å². The first-order valence-electron chi connectivity index (χ1n) is 22.4. The molecule has 0 bridgehead atoms. The summed E-state index contributed by atoms with van der Waals surface area (Å²) in [4.78, 5) is 47.4. The SMILES string of the molecule is CCCN1CC(CSCC(=O)NCCCC[C@H](NC(=O)CSC[C@@H]2C[C@@H]3c4cccc5[nH]cc(c45)C[C@H]3N(CCC)C2)C(C)=O)C[C@@H]2c3cccc4c3C(=CC4)CC21. The average Bonchev–Trinajstić information content (AvgIpc) is 3.84. The first kappa shape index (κ1) is 41.7. The Labute approximate surface area is 354 Å². The molecule has 3 heterocycles. The van der Waals surface area contributed by atoms with Crippen LogP contribution in [0.25, 0.3) is 16.5 Å². The van der Waals surface area contributed by atoms with Crippen LogP contribution in [0.1, 0.15) is 112 Å². The number of aromatic amines is 1. The van der Waals surface area contributed by atoms with Crippen LogP contribution in [-0.4, -0.2) is 106 Å². The topological polar surface area (TPSA) is 97.5 Å². The summed E-state index contributed by atoms with van der Waals surface area (Å²) < 4.78 is 0. The van der Waals surface area contributed by atoms with E-state index in [9.17, 15) is 14.4 Å². The normalized spacial score (nSPS) is 25.4. The molecule has 8 rings (SSSR count). The highest BCUT2D eigenvalue weighted by Crippen LogP contribution is 2.50. The van der Waals surface area contributed by atoms with Gasteiger partial charge in [0.05, 0.1) is 17.5 Å². The number of hydrogen-bond acceptors (Lipinski definition) is 7. The van der Waals surface area contributed by atoms with Gasteiger partial charge in [-0.15, -0.1) is 0 Å². The molecule has 3 aromatic rings. The minimum atomic E-state index is -0.473. The van der Waals surface area contributed by atoms with E-state index in [0.717, 1.165) is 76.2 Å². The van der Waals surface area contributed by atoms with Gasteiger partial charge in [-0.25, -0.2) is 0 Å². The number of likely N-dealkylation sites (tertiary alicyclic amines) is 2. The Balaban J connectivity index is 0.727. The van der Waals surface area contributed by atoms with Crippen molar-refractivity contribution in [2.24, 2.45) is 11.8 Å².